The molecule has 1 N–H and O–H groups in total. The summed E-state index contributed by atoms with van der Waals surface area (Å²) in [6.45, 7) is 5.44. The molecule has 1 aromatic heterocycles. The van der Waals surface area contributed by atoms with Crippen molar-refractivity contribution in [3.8, 4) is 5.69 Å². The van der Waals surface area contributed by atoms with E-state index in [2.05, 4.69) is 59.4 Å². The van der Waals surface area contributed by atoms with Gasteiger partial charge in [0.2, 0.25) is 0 Å². The van der Waals surface area contributed by atoms with Crippen molar-refractivity contribution in [2.24, 2.45) is 0 Å². The second-order valence-corrected chi connectivity index (χ2v) is 6.05. The fraction of sp³-hybridized carbons (Fsp3) is 0.500. The zero-order valence-electron chi connectivity index (χ0n) is 13.1. The van der Waals surface area contributed by atoms with E-state index in [1.54, 1.807) is 0 Å². The van der Waals surface area contributed by atoms with Crippen molar-refractivity contribution < 1.29 is 0 Å². The molecule has 1 aliphatic carbocycles. The lowest BCUT2D eigenvalue weighted by molar-refractivity contribution is 0.489. The Bertz CT molecular complexity index is 600. The van der Waals surface area contributed by atoms with Crippen LogP contribution in [0.15, 0.2) is 30.5 Å². The highest BCUT2D eigenvalue weighted by Gasteiger charge is 2.22. The van der Waals surface area contributed by atoms with Crippen molar-refractivity contribution in [1.82, 2.24) is 15.1 Å². The summed E-state index contributed by atoms with van der Waals surface area (Å²) in [6, 6.07) is 9.09. The van der Waals surface area contributed by atoms with Gasteiger partial charge in [0, 0.05) is 17.3 Å². The number of benzene rings is 1. The maximum atomic E-state index is 4.69. The van der Waals surface area contributed by atoms with Crippen molar-refractivity contribution in [2.75, 3.05) is 6.54 Å². The molecule has 0 amide bonds. The van der Waals surface area contributed by atoms with Gasteiger partial charge in [0.15, 0.2) is 0 Å². The number of nitrogens with one attached hydrogen (secondary N) is 1. The van der Waals surface area contributed by atoms with Crippen molar-refractivity contribution in [2.45, 2.75) is 52.0 Å². The zero-order valence-corrected chi connectivity index (χ0v) is 13.1. The highest BCUT2D eigenvalue weighted by molar-refractivity contribution is 5.39. The topological polar surface area (TPSA) is 29.9 Å². The summed E-state index contributed by atoms with van der Waals surface area (Å²) in [7, 11) is 0. The first-order valence-corrected chi connectivity index (χ1v) is 8.17. The van der Waals surface area contributed by atoms with Crippen molar-refractivity contribution in [1.29, 1.82) is 0 Å². The molecule has 0 spiro atoms. The summed E-state index contributed by atoms with van der Waals surface area (Å²) in [5.74, 6) is 0. The third-order valence-corrected chi connectivity index (χ3v) is 4.32. The van der Waals surface area contributed by atoms with Gasteiger partial charge in [0.25, 0.3) is 0 Å². The summed E-state index contributed by atoms with van der Waals surface area (Å²) in [4.78, 5) is 0. The molecule has 2 aromatic rings. The molecule has 1 unspecified atom stereocenters. The summed E-state index contributed by atoms with van der Waals surface area (Å²) >= 11 is 0. The molecule has 3 nitrogen and oxygen atoms in total. The van der Waals surface area contributed by atoms with E-state index in [1.807, 2.05) is 0 Å². The lowest BCUT2D eigenvalue weighted by atomic mass is 10.1. The number of nitrogens with zero attached hydrogens (tertiary/aromatic N) is 2. The molecule has 0 bridgehead atoms. The van der Waals surface area contributed by atoms with E-state index in [9.17, 15) is 0 Å². The number of hydrogen-bond acceptors (Lipinski definition) is 2. The molecule has 0 aliphatic heterocycles. The van der Waals surface area contributed by atoms with Gasteiger partial charge in [0.1, 0.15) is 0 Å². The van der Waals surface area contributed by atoms with E-state index < -0.39 is 0 Å². The van der Waals surface area contributed by atoms with Crippen molar-refractivity contribution in [3.63, 3.8) is 0 Å². The number of aromatic nitrogens is 2. The molecule has 21 heavy (non-hydrogen) atoms. The minimum atomic E-state index is 0.473. The van der Waals surface area contributed by atoms with E-state index in [1.165, 1.54) is 48.2 Å². The van der Waals surface area contributed by atoms with Crippen LogP contribution >= 0.6 is 0 Å². The first-order valence-electron chi connectivity index (χ1n) is 8.17. The minimum Gasteiger partial charge on any atom is -0.310 e. The normalized spacial score (nSPS) is 18.3. The quantitative estimate of drug-likeness (QED) is 0.861. The summed E-state index contributed by atoms with van der Waals surface area (Å²) in [5.41, 5.74) is 5.27. The molecule has 1 heterocycles. The third kappa shape index (κ3) is 3.03. The molecule has 1 aromatic carbocycles. The molecule has 0 fully saturated rings. The second kappa shape index (κ2) is 6.44. The molecular weight excluding hydrogens is 258 g/mol. The van der Waals surface area contributed by atoms with Crippen LogP contribution in [0.5, 0.6) is 0 Å². The van der Waals surface area contributed by atoms with Crippen LogP contribution in [0.4, 0.5) is 0 Å². The number of fused-ring (bicyclic) bond motifs is 1. The maximum Gasteiger partial charge on any atom is 0.0651 e. The zero-order chi connectivity index (χ0) is 14.7. The Morgan fingerprint density at radius 2 is 2.24 bits per heavy atom. The Morgan fingerprint density at radius 3 is 3.05 bits per heavy atom. The van der Waals surface area contributed by atoms with Gasteiger partial charge >= 0.3 is 0 Å². The molecule has 0 saturated heterocycles. The Balaban J connectivity index is 1.96. The Morgan fingerprint density at radius 1 is 1.33 bits per heavy atom. The van der Waals surface area contributed by atoms with Crippen molar-refractivity contribution in [3.05, 3.63) is 47.3 Å². The SMILES string of the molecule is CCCNC1CCCCc2c1cnn2-c1cccc(C)c1. The van der Waals surface area contributed by atoms with Gasteiger partial charge in [-0.1, -0.05) is 25.5 Å². The molecular formula is C18H25N3. The van der Waals surface area contributed by atoms with Gasteiger partial charge in [-0.3, -0.25) is 0 Å². The number of hydrogen-bond donors (Lipinski definition) is 1. The van der Waals surface area contributed by atoms with Crippen LogP contribution in [0.2, 0.25) is 0 Å². The molecule has 0 radical (unpaired) electrons. The van der Waals surface area contributed by atoms with Crippen LogP contribution in [-0.2, 0) is 6.42 Å². The van der Waals surface area contributed by atoms with E-state index in [0.717, 1.165) is 13.0 Å². The van der Waals surface area contributed by atoms with Gasteiger partial charge < -0.3 is 5.32 Å². The van der Waals surface area contributed by atoms with Crippen LogP contribution in [0, 0.1) is 6.92 Å². The molecule has 0 saturated carbocycles. The molecule has 1 aliphatic rings. The van der Waals surface area contributed by atoms with Crippen LogP contribution in [0.1, 0.15) is 55.5 Å². The first kappa shape index (κ1) is 14.3. The second-order valence-electron chi connectivity index (χ2n) is 6.05. The van der Waals surface area contributed by atoms with Crippen LogP contribution in [-0.4, -0.2) is 16.3 Å². The van der Waals surface area contributed by atoms with Crippen molar-refractivity contribution >= 4 is 0 Å². The molecule has 3 rings (SSSR count). The van der Waals surface area contributed by atoms with Crippen LogP contribution < -0.4 is 5.32 Å². The Kier molecular flexibility index (Phi) is 4.39. The monoisotopic (exact) mass is 283 g/mol. The van der Waals surface area contributed by atoms with Crippen LogP contribution in [0.25, 0.3) is 5.69 Å². The molecule has 3 heteroatoms. The summed E-state index contributed by atoms with van der Waals surface area (Å²) < 4.78 is 2.15. The average molecular weight is 283 g/mol. The molecule has 1 atom stereocenters. The van der Waals surface area contributed by atoms with E-state index in [-0.39, 0.29) is 0 Å². The highest BCUT2D eigenvalue weighted by atomic mass is 15.3. The third-order valence-electron chi connectivity index (χ3n) is 4.32. The summed E-state index contributed by atoms with van der Waals surface area (Å²) in [6.07, 6.45) is 8.17. The van der Waals surface area contributed by atoms with Crippen LogP contribution in [0.3, 0.4) is 0 Å². The maximum absolute atomic E-state index is 4.69. The highest BCUT2D eigenvalue weighted by Crippen LogP contribution is 2.30. The first-order chi connectivity index (χ1) is 10.3. The Labute approximate surface area is 127 Å². The lowest BCUT2D eigenvalue weighted by Gasteiger charge is -2.16. The van der Waals surface area contributed by atoms with Gasteiger partial charge in [-0.2, -0.15) is 5.10 Å². The van der Waals surface area contributed by atoms with E-state index >= 15 is 0 Å². The Hall–Kier alpha value is -1.61. The molecule has 112 valence electrons. The van der Waals surface area contributed by atoms with Gasteiger partial charge in [0.05, 0.1) is 11.9 Å². The smallest absolute Gasteiger partial charge is 0.0651 e. The number of rotatable bonds is 4. The van der Waals surface area contributed by atoms with Gasteiger partial charge in [-0.05, 0) is 56.8 Å². The fourth-order valence-electron chi connectivity index (χ4n) is 3.24. The lowest BCUT2D eigenvalue weighted by Crippen LogP contribution is -2.22. The summed E-state index contributed by atoms with van der Waals surface area (Å²) in [5, 5.41) is 8.38. The fourth-order valence-corrected chi connectivity index (χ4v) is 3.24. The largest absolute Gasteiger partial charge is 0.310 e. The predicted molar refractivity (Wildman–Crippen MR) is 86.9 cm³/mol. The van der Waals surface area contributed by atoms with E-state index in [4.69, 9.17) is 0 Å². The van der Waals surface area contributed by atoms with Gasteiger partial charge in [-0.25, -0.2) is 4.68 Å². The standard InChI is InChI=1S/C18H25N3/c1-3-11-19-17-9-4-5-10-18-16(17)13-20-21(18)15-8-6-7-14(2)12-15/h6-8,12-13,17,19H,3-5,9-11H2,1-2H3. The van der Waals surface area contributed by atoms with E-state index in [0.29, 0.717) is 6.04 Å². The van der Waals surface area contributed by atoms with Gasteiger partial charge in [-0.15, -0.1) is 0 Å². The average Bonchev–Trinajstić information content (AvgIpc) is 2.80. The predicted octanol–water partition coefficient (Wildman–Crippen LogP) is 3.95. The number of aryl methyl sites for hydroxylation is 1. The minimum absolute atomic E-state index is 0.473.